The minimum absolute atomic E-state index is 0.109. The van der Waals surface area contributed by atoms with Crippen molar-refractivity contribution in [1.82, 2.24) is 14.9 Å². The number of carbonyl (C=O) groups excluding carboxylic acids is 1. The van der Waals surface area contributed by atoms with Gasteiger partial charge in [0, 0.05) is 32.4 Å². The van der Waals surface area contributed by atoms with E-state index in [1.54, 1.807) is 6.92 Å². The Morgan fingerprint density at radius 2 is 2.10 bits per heavy atom. The molecule has 0 aliphatic carbocycles. The lowest BCUT2D eigenvalue weighted by Crippen LogP contribution is -2.37. The van der Waals surface area contributed by atoms with Gasteiger partial charge in [0.05, 0.1) is 17.3 Å². The Morgan fingerprint density at radius 3 is 2.86 bits per heavy atom. The molecule has 1 aromatic carbocycles. The second-order valence-electron chi connectivity index (χ2n) is 5.64. The average Bonchev–Trinajstić information content (AvgIpc) is 2.96. The molecule has 1 aliphatic heterocycles. The fraction of sp³-hybridized carbons (Fsp3) is 0.438. The van der Waals surface area contributed by atoms with Crippen molar-refractivity contribution in [2.45, 2.75) is 26.3 Å². The van der Waals surface area contributed by atoms with E-state index in [1.165, 1.54) is 0 Å². The van der Waals surface area contributed by atoms with Gasteiger partial charge >= 0.3 is 0 Å². The number of carbonyl (C=O) groups is 1. The van der Waals surface area contributed by atoms with Crippen LogP contribution < -0.4 is 4.90 Å². The summed E-state index contributed by atoms with van der Waals surface area (Å²) in [6, 6.07) is 8.31. The van der Waals surface area contributed by atoms with Crippen molar-refractivity contribution < 1.29 is 4.79 Å². The zero-order valence-electron chi connectivity index (χ0n) is 12.7. The number of para-hydroxylation sites is 1. The molecule has 0 radical (unpaired) electrons. The third-order valence-corrected chi connectivity index (χ3v) is 4.27. The predicted molar refractivity (Wildman–Crippen MR) is 83.3 cm³/mol. The van der Waals surface area contributed by atoms with E-state index in [0.29, 0.717) is 0 Å². The van der Waals surface area contributed by atoms with Gasteiger partial charge in [0.2, 0.25) is 11.9 Å². The summed E-state index contributed by atoms with van der Waals surface area (Å²) in [5.41, 5.74) is 1.97. The molecule has 0 bridgehead atoms. The molecule has 110 valence electrons. The zero-order valence-corrected chi connectivity index (χ0v) is 12.7. The first kappa shape index (κ1) is 13.8. The van der Waals surface area contributed by atoms with Gasteiger partial charge in [0.1, 0.15) is 0 Å². The van der Waals surface area contributed by atoms with Crippen molar-refractivity contribution in [2.75, 3.05) is 25.0 Å². The van der Waals surface area contributed by atoms with Crippen molar-refractivity contribution in [3.8, 4) is 0 Å². The molecule has 1 amide bonds. The predicted octanol–water partition coefficient (Wildman–Crippen LogP) is 2.00. The summed E-state index contributed by atoms with van der Waals surface area (Å²) in [6.45, 7) is 5.32. The van der Waals surface area contributed by atoms with Crippen LogP contribution in [0.15, 0.2) is 24.3 Å². The number of aryl methyl sites for hydroxylation is 1. The van der Waals surface area contributed by atoms with E-state index in [2.05, 4.69) is 14.9 Å². The summed E-state index contributed by atoms with van der Waals surface area (Å²) in [4.78, 5) is 24.8. The molecule has 1 aromatic heterocycles. The fourth-order valence-electron chi connectivity index (χ4n) is 2.86. The van der Waals surface area contributed by atoms with Crippen LogP contribution in [0.1, 0.15) is 19.0 Å². The third-order valence-electron chi connectivity index (χ3n) is 4.27. The van der Waals surface area contributed by atoms with E-state index < -0.39 is 0 Å². The number of amides is 1. The monoisotopic (exact) mass is 284 g/mol. The molecule has 1 atom stereocenters. The number of anilines is 1. The summed E-state index contributed by atoms with van der Waals surface area (Å²) >= 11 is 0. The van der Waals surface area contributed by atoms with Gasteiger partial charge in [-0.2, -0.15) is 0 Å². The first-order valence-electron chi connectivity index (χ1n) is 7.28. The molecule has 1 saturated heterocycles. The first-order chi connectivity index (χ1) is 10.1. The number of nitrogens with zero attached hydrogens (tertiary/aromatic N) is 4. The van der Waals surface area contributed by atoms with Crippen LogP contribution in [0, 0.1) is 6.92 Å². The summed E-state index contributed by atoms with van der Waals surface area (Å²) < 4.78 is 0. The number of rotatable bonds is 2. The largest absolute Gasteiger partial charge is 0.341 e. The highest BCUT2D eigenvalue weighted by Crippen LogP contribution is 2.23. The van der Waals surface area contributed by atoms with Crippen LogP contribution in [0.4, 0.5) is 5.95 Å². The highest BCUT2D eigenvalue weighted by molar-refractivity contribution is 5.81. The molecule has 1 unspecified atom stereocenters. The molecule has 5 heteroatoms. The van der Waals surface area contributed by atoms with Crippen molar-refractivity contribution in [2.24, 2.45) is 0 Å². The third kappa shape index (κ3) is 2.55. The van der Waals surface area contributed by atoms with Gasteiger partial charge in [0.15, 0.2) is 0 Å². The molecule has 1 fully saturated rings. The summed E-state index contributed by atoms with van der Waals surface area (Å²) in [5, 5.41) is 1.10. The average molecular weight is 284 g/mol. The van der Waals surface area contributed by atoms with Crippen LogP contribution in [0.3, 0.4) is 0 Å². The van der Waals surface area contributed by atoms with E-state index in [4.69, 9.17) is 0 Å². The van der Waals surface area contributed by atoms with E-state index in [9.17, 15) is 4.79 Å². The van der Waals surface area contributed by atoms with Gasteiger partial charge in [0.25, 0.3) is 0 Å². The number of benzene rings is 1. The number of hydrogen-bond acceptors (Lipinski definition) is 4. The molecule has 0 spiro atoms. The van der Waals surface area contributed by atoms with Gasteiger partial charge in [-0.3, -0.25) is 4.79 Å². The smallest absolute Gasteiger partial charge is 0.226 e. The molecular formula is C16H20N4O. The Kier molecular flexibility index (Phi) is 3.49. The molecule has 5 nitrogen and oxygen atoms in total. The van der Waals surface area contributed by atoms with Crippen LogP contribution in [0.5, 0.6) is 0 Å². The lowest BCUT2D eigenvalue weighted by atomic mass is 10.2. The molecule has 2 aromatic rings. The minimum Gasteiger partial charge on any atom is -0.341 e. The lowest BCUT2D eigenvalue weighted by Gasteiger charge is -2.23. The lowest BCUT2D eigenvalue weighted by molar-refractivity contribution is -0.129. The van der Waals surface area contributed by atoms with E-state index >= 15 is 0 Å². The number of aromatic nitrogens is 2. The minimum atomic E-state index is 0.109. The topological polar surface area (TPSA) is 49.3 Å². The van der Waals surface area contributed by atoms with Gasteiger partial charge in [-0.15, -0.1) is 0 Å². The summed E-state index contributed by atoms with van der Waals surface area (Å²) in [5.74, 6) is 0.878. The second-order valence-corrected chi connectivity index (χ2v) is 5.64. The van der Waals surface area contributed by atoms with Gasteiger partial charge in [-0.1, -0.05) is 18.2 Å². The standard InChI is InChI=1S/C16H20N4O/c1-11-14-6-4-5-7-15(14)18-16(17-11)20-9-8-13(10-20)19(3)12(2)21/h4-7,13H,8-10H2,1-3H3. The quantitative estimate of drug-likeness (QED) is 0.846. The van der Waals surface area contributed by atoms with Gasteiger partial charge < -0.3 is 9.80 Å². The normalized spacial score (nSPS) is 18.2. The Morgan fingerprint density at radius 1 is 1.33 bits per heavy atom. The molecular weight excluding hydrogens is 264 g/mol. The molecule has 1 aliphatic rings. The van der Waals surface area contributed by atoms with Crippen molar-refractivity contribution in [3.63, 3.8) is 0 Å². The summed E-state index contributed by atoms with van der Waals surface area (Å²) in [7, 11) is 1.86. The number of likely N-dealkylation sites (N-methyl/N-ethyl adjacent to an activating group) is 1. The maximum atomic E-state index is 11.5. The Labute approximate surface area is 124 Å². The van der Waals surface area contributed by atoms with E-state index in [-0.39, 0.29) is 11.9 Å². The van der Waals surface area contributed by atoms with Crippen molar-refractivity contribution in [1.29, 1.82) is 0 Å². The van der Waals surface area contributed by atoms with Crippen LogP contribution in [-0.2, 0) is 4.79 Å². The van der Waals surface area contributed by atoms with E-state index in [1.807, 2.05) is 43.1 Å². The highest BCUT2D eigenvalue weighted by Gasteiger charge is 2.28. The van der Waals surface area contributed by atoms with Crippen molar-refractivity contribution >= 4 is 22.8 Å². The Bertz CT molecular complexity index is 685. The number of hydrogen-bond donors (Lipinski definition) is 0. The van der Waals surface area contributed by atoms with Crippen LogP contribution in [0.2, 0.25) is 0 Å². The molecule has 21 heavy (non-hydrogen) atoms. The van der Waals surface area contributed by atoms with Crippen LogP contribution >= 0.6 is 0 Å². The Balaban J connectivity index is 1.87. The zero-order chi connectivity index (χ0) is 15.0. The summed E-state index contributed by atoms with van der Waals surface area (Å²) in [6.07, 6.45) is 0.964. The van der Waals surface area contributed by atoms with Crippen LogP contribution in [0.25, 0.3) is 10.9 Å². The maximum absolute atomic E-state index is 11.5. The first-order valence-corrected chi connectivity index (χ1v) is 7.28. The SMILES string of the molecule is CC(=O)N(C)C1CCN(c2nc(C)c3ccccc3n2)C1. The fourth-order valence-corrected chi connectivity index (χ4v) is 2.86. The highest BCUT2D eigenvalue weighted by atomic mass is 16.2. The molecule has 0 N–H and O–H groups in total. The Hall–Kier alpha value is -2.17. The van der Waals surface area contributed by atoms with Crippen molar-refractivity contribution in [3.05, 3.63) is 30.0 Å². The van der Waals surface area contributed by atoms with E-state index in [0.717, 1.165) is 42.1 Å². The molecule has 3 rings (SSSR count). The van der Waals surface area contributed by atoms with Gasteiger partial charge in [-0.25, -0.2) is 9.97 Å². The van der Waals surface area contributed by atoms with Gasteiger partial charge in [-0.05, 0) is 19.4 Å². The second kappa shape index (κ2) is 5.31. The number of fused-ring (bicyclic) bond motifs is 1. The molecule has 0 saturated carbocycles. The van der Waals surface area contributed by atoms with Crippen LogP contribution in [-0.4, -0.2) is 47.0 Å². The molecule has 2 heterocycles. The maximum Gasteiger partial charge on any atom is 0.226 e.